The van der Waals surface area contributed by atoms with Crippen LogP contribution < -0.4 is 10.1 Å². The molecule has 18 heavy (non-hydrogen) atoms. The smallest absolute Gasteiger partial charge is 0.219 e. The summed E-state index contributed by atoms with van der Waals surface area (Å²) in [5.74, 6) is -0.144. The van der Waals surface area contributed by atoms with Gasteiger partial charge in [-0.3, -0.25) is 4.79 Å². The fourth-order valence-corrected chi connectivity index (χ4v) is 1.63. The molecule has 0 radical (unpaired) electrons. The minimum Gasteiger partial charge on any atom is -0.494 e. The van der Waals surface area contributed by atoms with Crippen molar-refractivity contribution in [1.29, 1.82) is 0 Å². The number of halogens is 1. The van der Waals surface area contributed by atoms with E-state index >= 15 is 0 Å². The lowest BCUT2D eigenvalue weighted by molar-refractivity contribution is -0.121. The van der Waals surface area contributed by atoms with Crippen LogP contribution in [-0.2, 0) is 10.2 Å². The van der Waals surface area contributed by atoms with Crippen LogP contribution in [0.3, 0.4) is 0 Å². The third-order valence-corrected chi connectivity index (χ3v) is 2.98. The van der Waals surface area contributed by atoms with E-state index in [1.165, 1.54) is 13.2 Å². The fraction of sp³-hybridized carbons (Fsp3) is 0.500. The van der Waals surface area contributed by atoms with Crippen LogP contribution in [0.1, 0.15) is 32.8 Å². The molecule has 0 atom stereocenters. The maximum absolute atomic E-state index is 13.3. The van der Waals surface area contributed by atoms with Crippen LogP contribution in [0.15, 0.2) is 18.2 Å². The van der Waals surface area contributed by atoms with Gasteiger partial charge in [-0.1, -0.05) is 26.8 Å². The molecule has 4 heteroatoms. The molecule has 0 saturated heterocycles. The van der Waals surface area contributed by atoms with Crippen LogP contribution >= 0.6 is 0 Å². The van der Waals surface area contributed by atoms with E-state index < -0.39 is 0 Å². The minimum absolute atomic E-state index is 0.0113. The highest BCUT2D eigenvalue weighted by Gasteiger charge is 2.22. The number of carbonyl (C=O) groups excluding carboxylic acids is 1. The molecule has 3 nitrogen and oxygen atoms in total. The van der Waals surface area contributed by atoms with Crippen LogP contribution in [0, 0.1) is 5.82 Å². The summed E-state index contributed by atoms with van der Waals surface area (Å²) in [6.45, 7) is 6.31. The predicted molar refractivity (Wildman–Crippen MR) is 69.3 cm³/mol. The largest absolute Gasteiger partial charge is 0.494 e. The topological polar surface area (TPSA) is 38.3 Å². The van der Waals surface area contributed by atoms with E-state index in [1.807, 2.05) is 20.8 Å². The molecule has 100 valence electrons. The number of methoxy groups -OCH3 is 1. The number of rotatable bonds is 5. The van der Waals surface area contributed by atoms with E-state index in [0.717, 1.165) is 5.56 Å². The molecule has 0 aromatic heterocycles. The summed E-state index contributed by atoms with van der Waals surface area (Å²) in [7, 11) is 1.44. The molecular weight excluding hydrogens is 233 g/mol. The van der Waals surface area contributed by atoms with E-state index in [1.54, 1.807) is 12.1 Å². The van der Waals surface area contributed by atoms with Crippen LogP contribution in [0.4, 0.5) is 4.39 Å². The SMILES string of the molecule is CCC(=O)NCC(C)(C)c1ccc(F)c(OC)c1. The number of amides is 1. The maximum Gasteiger partial charge on any atom is 0.219 e. The monoisotopic (exact) mass is 253 g/mol. The highest BCUT2D eigenvalue weighted by atomic mass is 19.1. The van der Waals surface area contributed by atoms with E-state index in [-0.39, 0.29) is 22.9 Å². The average Bonchev–Trinajstić information content (AvgIpc) is 2.36. The third kappa shape index (κ3) is 3.45. The second kappa shape index (κ2) is 5.85. The lowest BCUT2D eigenvalue weighted by Crippen LogP contribution is -2.36. The Labute approximate surface area is 107 Å². The summed E-state index contributed by atoms with van der Waals surface area (Å²) >= 11 is 0. The Morgan fingerprint density at radius 2 is 2.11 bits per heavy atom. The molecule has 0 unspecified atom stereocenters. The first-order chi connectivity index (χ1) is 8.40. The van der Waals surface area contributed by atoms with Gasteiger partial charge in [-0.2, -0.15) is 0 Å². The zero-order valence-corrected chi connectivity index (χ0v) is 11.3. The number of hydrogen-bond acceptors (Lipinski definition) is 2. The zero-order valence-electron chi connectivity index (χ0n) is 11.3. The van der Waals surface area contributed by atoms with Crippen molar-refractivity contribution < 1.29 is 13.9 Å². The number of carbonyl (C=O) groups is 1. The van der Waals surface area contributed by atoms with Gasteiger partial charge in [0.1, 0.15) is 0 Å². The molecule has 0 fully saturated rings. The molecule has 0 aliphatic rings. The van der Waals surface area contributed by atoms with Gasteiger partial charge in [0.05, 0.1) is 7.11 Å². The Morgan fingerprint density at radius 3 is 2.67 bits per heavy atom. The van der Waals surface area contributed by atoms with E-state index in [2.05, 4.69) is 5.32 Å². The lowest BCUT2D eigenvalue weighted by Gasteiger charge is -2.26. The van der Waals surface area contributed by atoms with Crippen LogP contribution in [0.25, 0.3) is 0 Å². The van der Waals surface area contributed by atoms with Gasteiger partial charge < -0.3 is 10.1 Å². The van der Waals surface area contributed by atoms with Crippen LogP contribution in [-0.4, -0.2) is 19.6 Å². The van der Waals surface area contributed by atoms with Gasteiger partial charge in [-0.05, 0) is 17.7 Å². The molecule has 1 aromatic rings. The quantitative estimate of drug-likeness (QED) is 0.876. The molecule has 1 rings (SSSR count). The first kappa shape index (κ1) is 14.5. The number of ether oxygens (including phenoxy) is 1. The highest BCUT2D eigenvalue weighted by molar-refractivity contribution is 5.75. The lowest BCUT2D eigenvalue weighted by atomic mass is 9.84. The molecule has 1 N–H and O–H groups in total. The van der Waals surface area contributed by atoms with Gasteiger partial charge in [0.2, 0.25) is 5.91 Å². The van der Waals surface area contributed by atoms with Gasteiger partial charge in [0.25, 0.3) is 0 Å². The standard InChI is InChI=1S/C14H20FNO2/c1-5-13(17)16-9-14(2,3)10-6-7-11(15)12(8-10)18-4/h6-8H,5,9H2,1-4H3,(H,16,17). The van der Waals surface area contributed by atoms with Crippen molar-refractivity contribution in [2.24, 2.45) is 0 Å². The average molecular weight is 253 g/mol. The number of nitrogens with one attached hydrogen (secondary N) is 1. The minimum atomic E-state index is -0.380. The second-order valence-corrected chi connectivity index (χ2v) is 4.86. The predicted octanol–water partition coefficient (Wildman–Crippen LogP) is 2.64. The van der Waals surface area contributed by atoms with E-state index in [9.17, 15) is 9.18 Å². The summed E-state index contributed by atoms with van der Waals surface area (Å²) in [5, 5.41) is 2.85. The Morgan fingerprint density at radius 1 is 1.44 bits per heavy atom. The Balaban J connectivity index is 2.87. The van der Waals surface area contributed by atoms with Gasteiger partial charge in [0, 0.05) is 18.4 Å². The highest BCUT2D eigenvalue weighted by Crippen LogP contribution is 2.27. The van der Waals surface area contributed by atoms with Crippen LogP contribution in [0.5, 0.6) is 5.75 Å². The summed E-state index contributed by atoms with van der Waals surface area (Å²) in [4.78, 5) is 11.3. The molecule has 1 amide bonds. The van der Waals surface area contributed by atoms with Crippen molar-refractivity contribution in [2.45, 2.75) is 32.6 Å². The normalized spacial score (nSPS) is 11.2. The molecule has 0 spiro atoms. The molecule has 0 bridgehead atoms. The second-order valence-electron chi connectivity index (χ2n) is 4.86. The molecule has 0 saturated carbocycles. The van der Waals surface area contributed by atoms with Crippen molar-refractivity contribution in [2.75, 3.05) is 13.7 Å². The summed E-state index contributed by atoms with van der Waals surface area (Å²) in [6, 6.07) is 4.78. The van der Waals surface area contributed by atoms with Gasteiger partial charge >= 0.3 is 0 Å². The molecule has 1 aromatic carbocycles. The van der Waals surface area contributed by atoms with E-state index in [0.29, 0.717) is 13.0 Å². The summed E-state index contributed by atoms with van der Waals surface area (Å²) in [5.41, 5.74) is 0.656. The summed E-state index contributed by atoms with van der Waals surface area (Å²) in [6.07, 6.45) is 0.461. The fourth-order valence-electron chi connectivity index (χ4n) is 1.63. The molecular formula is C14H20FNO2. The molecule has 0 aliphatic heterocycles. The number of hydrogen-bond donors (Lipinski definition) is 1. The van der Waals surface area contributed by atoms with E-state index in [4.69, 9.17) is 4.74 Å². The van der Waals surface area contributed by atoms with Gasteiger partial charge in [0.15, 0.2) is 11.6 Å². The first-order valence-electron chi connectivity index (χ1n) is 6.01. The van der Waals surface area contributed by atoms with Crippen LogP contribution in [0.2, 0.25) is 0 Å². The third-order valence-electron chi connectivity index (χ3n) is 2.98. The Hall–Kier alpha value is -1.58. The van der Waals surface area contributed by atoms with Crippen molar-refractivity contribution in [3.8, 4) is 5.75 Å². The summed E-state index contributed by atoms with van der Waals surface area (Å²) < 4.78 is 18.3. The maximum atomic E-state index is 13.3. The van der Waals surface area contributed by atoms with Crippen molar-refractivity contribution in [3.63, 3.8) is 0 Å². The Kier molecular flexibility index (Phi) is 4.70. The zero-order chi connectivity index (χ0) is 13.8. The Bertz CT molecular complexity index is 430. The molecule has 0 aliphatic carbocycles. The van der Waals surface area contributed by atoms with Gasteiger partial charge in [-0.25, -0.2) is 4.39 Å². The van der Waals surface area contributed by atoms with Gasteiger partial charge in [-0.15, -0.1) is 0 Å². The van der Waals surface area contributed by atoms with Crippen molar-refractivity contribution in [3.05, 3.63) is 29.6 Å². The van der Waals surface area contributed by atoms with Crippen molar-refractivity contribution >= 4 is 5.91 Å². The van der Waals surface area contributed by atoms with Crippen molar-refractivity contribution in [1.82, 2.24) is 5.32 Å². The molecule has 0 heterocycles. The first-order valence-corrected chi connectivity index (χ1v) is 6.01. The number of benzene rings is 1.